The quantitative estimate of drug-likeness (QED) is 0.578. The van der Waals surface area contributed by atoms with Crippen LogP contribution in [0, 0.1) is 0 Å². The normalized spacial score (nSPS) is 9.60. The van der Waals surface area contributed by atoms with Crippen LogP contribution in [0.3, 0.4) is 0 Å². The maximum absolute atomic E-state index is 11.2. The van der Waals surface area contributed by atoms with E-state index in [1.54, 1.807) is 18.3 Å². The molecule has 1 aromatic heterocycles. The van der Waals surface area contributed by atoms with Crippen molar-refractivity contribution in [2.24, 2.45) is 0 Å². The second-order valence-corrected chi connectivity index (χ2v) is 3.85. The van der Waals surface area contributed by atoms with Gasteiger partial charge in [0.15, 0.2) is 0 Å². The number of anilines is 1. The molecule has 15 heavy (non-hydrogen) atoms. The van der Waals surface area contributed by atoms with Crippen molar-refractivity contribution in [1.29, 1.82) is 0 Å². The van der Waals surface area contributed by atoms with Gasteiger partial charge in [0.05, 0.1) is 5.75 Å². The van der Waals surface area contributed by atoms with Gasteiger partial charge in [0.2, 0.25) is 5.91 Å². The smallest absolute Gasteiger partial charge is 0.230 e. The van der Waals surface area contributed by atoms with Crippen molar-refractivity contribution in [2.75, 3.05) is 18.0 Å². The lowest BCUT2D eigenvalue weighted by atomic mass is 10.5. The van der Waals surface area contributed by atoms with Crippen LogP contribution in [0.1, 0.15) is 0 Å². The predicted molar refractivity (Wildman–Crippen MR) is 62.6 cm³/mol. The molecule has 0 bridgehead atoms. The topological polar surface area (TPSA) is 68.0 Å². The summed E-state index contributed by atoms with van der Waals surface area (Å²) in [6, 6.07) is 3.55. The maximum atomic E-state index is 11.2. The number of carbonyl (C=O) groups excluding carboxylic acids is 1. The summed E-state index contributed by atoms with van der Waals surface area (Å²) in [4.78, 5) is 16.1. The number of amides is 1. The van der Waals surface area contributed by atoms with Crippen molar-refractivity contribution in [3.63, 3.8) is 0 Å². The molecule has 1 rings (SSSR count). The first kappa shape index (κ1) is 11.6. The van der Waals surface area contributed by atoms with E-state index in [1.165, 1.54) is 11.8 Å². The number of nitrogen functional groups attached to an aromatic ring is 1. The third-order valence-corrected chi connectivity index (χ3v) is 2.55. The summed E-state index contributed by atoms with van der Waals surface area (Å²) < 4.78 is 0. The molecule has 0 aliphatic heterocycles. The highest BCUT2D eigenvalue weighted by Crippen LogP contribution is 2.16. The Kier molecular flexibility index (Phi) is 4.70. The molecule has 4 nitrogen and oxygen atoms in total. The van der Waals surface area contributed by atoms with Gasteiger partial charge in [0, 0.05) is 17.6 Å². The van der Waals surface area contributed by atoms with Crippen LogP contribution in [0.25, 0.3) is 0 Å². The second-order valence-electron chi connectivity index (χ2n) is 2.80. The number of nitrogens with zero attached hydrogens (tertiary/aromatic N) is 1. The lowest BCUT2D eigenvalue weighted by molar-refractivity contribution is -0.118. The fraction of sp³-hybridized carbons (Fsp3) is 0.200. The standard InChI is InChI=1S/C10H13N3OS/c1-2-5-12-10(14)7-15-8-3-4-9(11)13-6-8/h2-4,6H,1,5,7H2,(H2,11,13)(H,12,14). The lowest BCUT2D eigenvalue weighted by Gasteiger charge is -2.02. The molecule has 0 fully saturated rings. The van der Waals surface area contributed by atoms with E-state index in [9.17, 15) is 4.79 Å². The number of hydrogen-bond acceptors (Lipinski definition) is 4. The number of rotatable bonds is 5. The molecule has 80 valence electrons. The molecule has 0 spiro atoms. The summed E-state index contributed by atoms with van der Waals surface area (Å²) in [6.45, 7) is 4.01. The number of pyridine rings is 1. The van der Waals surface area contributed by atoms with Crippen LogP contribution in [-0.4, -0.2) is 23.2 Å². The zero-order valence-electron chi connectivity index (χ0n) is 8.27. The van der Waals surface area contributed by atoms with E-state index < -0.39 is 0 Å². The van der Waals surface area contributed by atoms with Gasteiger partial charge in [-0.15, -0.1) is 18.3 Å². The summed E-state index contributed by atoms with van der Waals surface area (Å²) in [6.07, 6.45) is 3.30. The van der Waals surface area contributed by atoms with E-state index in [0.717, 1.165) is 4.90 Å². The minimum absolute atomic E-state index is 0.0169. The maximum Gasteiger partial charge on any atom is 0.230 e. The van der Waals surface area contributed by atoms with Crippen LogP contribution in [0.15, 0.2) is 35.9 Å². The number of aromatic nitrogens is 1. The highest BCUT2D eigenvalue weighted by atomic mass is 32.2. The first-order valence-electron chi connectivity index (χ1n) is 4.44. The average molecular weight is 223 g/mol. The van der Waals surface area contributed by atoms with Crippen LogP contribution in [0.5, 0.6) is 0 Å². The molecule has 0 aromatic carbocycles. The SMILES string of the molecule is C=CCNC(=O)CSc1ccc(N)nc1. The van der Waals surface area contributed by atoms with Gasteiger partial charge >= 0.3 is 0 Å². The molecule has 1 heterocycles. The predicted octanol–water partition coefficient (Wildman–Crippen LogP) is 1.06. The molecular weight excluding hydrogens is 210 g/mol. The molecule has 1 aromatic rings. The third kappa shape index (κ3) is 4.51. The summed E-state index contributed by atoms with van der Waals surface area (Å²) in [5, 5.41) is 2.69. The molecule has 0 saturated heterocycles. The second kappa shape index (κ2) is 6.08. The summed E-state index contributed by atoms with van der Waals surface area (Å²) in [5.41, 5.74) is 5.44. The first-order chi connectivity index (χ1) is 7.22. The largest absolute Gasteiger partial charge is 0.384 e. The Labute approximate surface area is 93.0 Å². The first-order valence-corrected chi connectivity index (χ1v) is 5.43. The minimum Gasteiger partial charge on any atom is -0.384 e. The monoisotopic (exact) mass is 223 g/mol. The highest BCUT2D eigenvalue weighted by Gasteiger charge is 2.01. The molecule has 0 aliphatic rings. The molecule has 0 aliphatic carbocycles. The Morgan fingerprint density at radius 1 is 1.67 bits per heavy atom. The van der Waals surface area contributed by atoms with Crippen molar-refractivity contribution >= 4 is 23.5 Å². The molecule has 0 unspecified atom stereocenters. The minimum atomic E-state index is -0.0169. The Morgan fingerprint density at radius 3 is 3.07 bits per heavy atom. The van der Waals surface area contributed by atoms with Gasteiger partial charge in [0.25, 0.3) is 0 Å². The van der Waals surface area contributed by atoms with Crippen molar-refractivity contribution in [1.82, 2.24) is 10.3 Å². The Balaban J connectivity index is 2.33. The van der Waals surface area contributed by atoms with Crippen LogP contribution in [-0.2, 0) is 4.79 Å². The van der Waals surface area contributed by atoms with Gasteiger partial charge in [-0.05, 0) is 12.1 Å². The van der Waals surface area contributed by atoms with Crippen molar-refractivity contribution < 1.29 is 4.79 Å². The van der Waals surface area contributed by atoms with Crippen LogP contribution in [0.2, 0.25) is 0 Å². The zero-order valence-corrected chi connectivity index (χ0v) is 9.09. The van der Waals surface area contributed by atoms with Gasteiger partial charge in [0.1, 0.15) is 5.82 Å². The summed E-state index contributed by atoms with van der Waals surface area (Å²) in [5.74, 6) is 0.839. The summed E-state index contributed by atoms with van der Waals surface area (Å²) in [7, 11) is 0. The van der Waals surface area contributed by atoms with Crippen LogP contribution in [0.4, 0.5) is 5.82 Å². The molecule has 5 heteroatoms. The summed E-state index contributed by atoms with van der Waals surface area (Å²) >= 11 is 1.42. The lowest BCUT2D eigenvalue weighted by Crippen LogP contribution is -2.24. The molecule has 0 saturated carbocycles. The van der Waals surface area contributed by atoms with E-state index in [0.29, 0.717) is 18.1 Å². The Hall–Kier alpha value is -1.49. The van der Waals surface area contributed by atoms with Gasteiger partial charge in [-0.2, -0.15) is 0 Å². The van der Waals surface area contributed by atoms with E-state index in [2.05, 4.69) is 16.9 Å². The molecule has 1 amide bonds. The highest BCUT2D eigenvalue weighted by molar-refractivity contribution is 8.00. The van der Waals surface area contributed by atoms with Crippen molar-refractivity contribution in [2.45, 2.75) is 4.90 Å². The fourth-order valence-corrected chi connectivity index (χ4v) is 1.55. The van der Waals surface area contributed by atoms with Crippen molar-refractivity contribution in [3.8, 4) is 0 Å². The average Bonchev–Trinajstić information content (AvgIpc) is 2.25. The van der Waals surface area contributed by atoms with Crippen molar-refractivity contribution in [3.05, 3.63) is 31.0 Å². The number of nitrogens with one attached hydrogen (secondary N) is 1. The molecular formula is C10H13N3OS. The van der Waals surface area contributed by atoms with E-state index in [4.69, 9.17) is 5.73 Å². The van der Waals surface area contributed by atoms with Gasteiger partial charge in [-0.3, -0.25) is 4.79 Å². The van der Waals surface area contributed by atoms with E-state index in [-0.39, 0.29) is 5.91 Å². The molecule has 0 radical (unpaired) electrons. The van der Waals surface area contributed by atoms with Crippen LogP contribution >= 0.6 is 11.8 Å². The Bertz CT molecular complexity index is 337. The van der Waals surface area contributed by atoms with E-state index in [1.807, 2.05) is 6.07 Å². The zero-order chi connectivity index (χ0) is 11.1. The molecule has 3 N–H and O–H groups in total. The third-order valence-electron chi connectivity index (χ3n) is 1.57. The number of nitrogens with two attached hydrogens (primary N) is 1. The van der Waals surface area contributed by atoms with Gasteiger partial charge in [-0.1, -0.05) is 6.08 Å². The number of thioether (sulfide) groups is 1. The Morgan fingerprint density at radius 2 is 2.47 bits per heavy atom. The van der Waals surface area contributed by atoms with Gasteiger partial charge < -0.3 is 11.1 Å². The fourth-order valence-electron chi connectivity index (χ4n) is 0.863. The number of carbonyl (C=O) groups is 1. The van der Waals surface area contributed by atoms with E-state index >= 15 is 0 Å². The van der Waals surface area contributed by atoms with Gasteiger partial charge in [-0.25, -0.2) is 4.98 Å². The van der Waals surface area contributed by atoms with Crippen LogP contribution < -0.4 is 11.1 Å². The number of hydrogen-bond donors (Lipinski definition) is 2. The molecule has 0 atom stereocenters.